The fourth-order valence-corrected chi connectivity index (χ4v) is 1.90. The van der Waals surface area contributed by atoms with Crippen LogP contribution in [0.15, 0.2) is 30.3 Å². The van der Waals surface area contributed by atoms with E-state index in [-0.39, 0.29) is 31.8 Å². The minimum Gasteiger partial charge on any atom is -0.466 e. The Morgan fingerprint density at radius 2 is 1.62 bits per heavy atom. The Hall–Kier alpha value is -2.17. The summed E-state index contributed by atoms with van der Waals surface area (Å²) in [5.74, 6) is -2.33. The minimum absolute atomic E-state index is 0.00982. The first-order valence-corrected chi connectivity index (χ1v) is 7.01. The first-order chi connectivity index (χ1) is 10.1. The summed E-state index contributed by atoms with van der Waals surface area (Å²) in [6.07, 6.45) is 0.0985. The van der Waals surface area contributed by atoms with Crippen molar-refractivity contribution in [1.82, 2.24) is 0 Å². The van der Waals surface area contributed by atoms with Gasteiger partial charge < -0.3 is 9.47 Å². The van der Waals surface area contributed by atoms with E-state index in [9.17, 15) is 14.4 Å². The normalized spacial score (nSPS) is 11.5. The van der Waals surface area contributed by atoms with E-state index >= 15 is 0 Å². The van der Waals surface area contributed by atoms with Crippen molar-refractivity contribution in [2.45, 2.75) is 26.7 Å². The quantitative estimate of drug-likeness (QED) is 0.418. The molecule has 0 aliphatic carbocycles. The Bertz CT molecular complexity index is 481. The van der Waals surface area contributed by atoms with Crippen molar-refractivity contribution in [2.75, 3.05) is 13.2 Å². The smallest absolute Gasteiger partial charge is 0.316 e. The molecule has 1 aromatic rings. The zero-order chi connectivity index (χ0) is 15.7. The van der Waals surface area contributed by atoms with Gasteiger partial charge in [0.25, 0.3) is 0 Å². The van der Waals surface area contributed by atoms with Crippen LogP contribution in [0.3, 0.4) is 0 Å². The van der Waals surface area contributed by atoms with Gasteiger partial charge in [0, 0.05) is 12.0 Å². The third kappa shape index (κ3) is 5.38. The Morgan fingerprint density at radius 3 is 2.19 bits per heavy atom. The molecule has 0 heterocycles. The highest BCUT2D eigenvalue weighted by Gasteiger charge is 2.29. The number of esters is 2. The van der Waals surface area contributed by atoms with Gasteiger partial charge in [-0.15, -0.1) is 0 Å². The number of benzene rings is 1. The zero-order valence-electron chi connectivity index (χ0n) is 12.3. The van der Waals surface area contributed by atoms with Crippen molar-refractivity contribution in [2.24, 2.45) is 5.92 Å². The molecular formula is C16H20O5. The summed E-state index contributed by atoms with van der Waals surface area (Å²) in [7, 11) is 0. The van der Waals surface area contributed by atoms with Gasteiger partial charge in [-0.05, 0) is 20.3 Å². The van der Waals surface area contributed by atoms with E-state index in [2.05, 4.69) is 0 Å². The molecule has 1 aromatic carbocycles. The van der Waals surface area contributed by atoms with Crippen molar-refractivity contribution in [1.29, 1.82) is 0 Å². The lowest BCUT2D eigenvalue weighted by atomic mass is 9.93. The average Bonchev–Trinajstić information content (AvgIpc) is 2.48. The summed E-state index contributed by atoms with van der Waals surface area (Å²) >= 11 is 0. The SMILES string of the molecule is CCOC(=O)CCC(C(=O)OCC)C(=O)c1ccccc1. The van der Waals surface area contributed by atoms with Crippen molar-refractivity contribution >= 4 is 17.7 Å². The summed E-state index contributed by atoms with van der Waals surface area (Å²) in [4.78, 5) is 35.7. The van der Waals surface area contributed by atoms with Gasteiger partial charge in [0.05, 0.1) is 13.2 Å². The predicted octanol–water partition coefficient (Wildman–Crippen LogP) is 2.39. The van der Waals surface area contributed by atoms with Crippen LogP contribution in [-0.4, -0.2) is 30.9 Å². The maximum absolute atomic E-state index is 12.4. The van der Waals surface area contributed by atoms with Crippen LogP contribution in [0.5, 0.6) is 0 Å². The van der Waals surface area contributed by atoms with Gasteiger partial charge in [0.15, 0.2) is 5.78 Å². The zero-order valence-corrected chi connectivity index (χ0v) is 12.3. The second kappa shape index (κ2) is 8.89. The molecule has 0 aliphatic rings. The van der Waals surface area contributed by atoms with E-state index in [1.165, 1.54) is 0 Å². The molecule has 0 saturated heterocycles. The van der Waals surface area contributed by atoms with Crippen LogP contribution in [0.25, 0.3) is 0 Å². The highest BCUT2D eigenvalue weighted by atomic mass is 16.5. The molecule has 0 radical (unpaired) electrons. The van der Waals surface area contributed by atoms with E-state index in [1.807, 2.05) is 0 Å². The Kier molecular flexibility index (Phi) is 7.15. The van der Waals surface area contributed by atoms with Crippen LogP contribution in [0.4, 0.5) is 0 Å². The second-order valence-electron chi connectivity index (χ2n) is 4.38. The largest absolute Gasteiger partial charge is 0.466 e. The van der Waals surface area contributed by atoms with Crippen LogP contribution < -0.4 is 0 Å². The highest BCUT2D eigenvalue weighted by molar-refractivity contribution is 6.08. The van der Waals surface area contributed by atoms with Crippen LogP contribution in [0.2, 0.25) is 0 Å². The Balaban J connectivity index is 2.79. The standard InChI is InChI=1S/C16H20O5/c1-3-20-14(17)11-10-13(16(19)21-4-2)15(18)12-8-6-5-7-9-12/h5-9,13H,3-4,10-11H2,1-2H3. The monoisotopic (exact) mass is 292 g/mol. The molecule has 0 amide bonds. The van der Waals surface area contributed by atoms with Gasteiger partial charge >= 0.3 is 11.9 Å². The fraction of sp³-hybridized carbons (Fsp3) is 0.438. The third-order valence-corrected chi connectivity index (χ3v) is 2.89. The minimum atomic E-state index is -0.975. The topological polar surface area (TPSA) is 69.7 Å². The summed E-state index contributed by atoms with van der Waals surface area (Å²) < 4.78 is 9.74. The Morgan fingerprint density at radius 1 is 1.00 bits per heavy atom. The van der Waals surface area contributed by atoms with Gasteiger partial charge in [-0.25, -0.2) is 0 Å². The van der Waals surface area contributed by atoms with Crippen molar-refractivity contribution in [3.63, 3.8) is 0 Å². The van der Waals surface area contributed by atoms with Crippen molar-refractivity contribution in [3.8, 4) is 0 Å². The predicted molar refractivity (Wildman–Crippen MR) is 76.8 cm³/mol. The molecule has 5 nitrogen and oxygen atoms in total. The van der Waals surface area contributed by atoms with Crippen LogP contribution in [0.1, 0.15) is 37.0 Å². The number of hydrogen-bond donors (Lipinski definition) is 0. The fourth-order valence-electron chi connectivity index (χ4n) is 1.90. The van der Waals surface area contributed by atoms with Crippen molar-refractivity contribution < 1.29 is 23.9 Å². The van der Waals surface area contributed by atoms with Crippen LogP contribution >= 0.6 is 0 Å². The first-order valence-electron chi connectivity index (χ1n) is 7.01. The lowest BCUT2D eigenvalue weighted by Gasteiger charge is -2.14. The van der Waals surface area contributed by atoms with Gasteiger partial charge in [-0.2, -0.15) is 0 Å². The number of ether oxygens (including phenoxy) is 2. The van der Waals surface area contributed by atoms with E-state index in [0.717, 1.165) is 0 Å². The number of carbonyl (C=O) groups excluding carboxylic acids is 3. The van der Waals surface area contributed by atoms with Gasteiger partial charge in [-0.1, -0.05) is 30.3 Å². The number of ketones is 1. The van der Waals surface area contributed by atoms with E-state index in [0.29, 0.717) is 5.56 Å². The lowest BCUT2D eigenvalue weighted by Crippen LogP contribution is -2.27. The van der Waals surface area contributed by atoms with Crippen LogP contribution in [-0.2, 0) is 19.1 Å². The molecule has 0 N–H and O–H groups in total. The second-order valence-corrected chi connectivity index (χ2v) is 4.38. The van der Waals surface area contributed by atoms with E-state index in [4.69, 9.17) is 9.47 Å². The highest BCUT2D eigenvalue weighted by Crippen LogP contribution is 2.17. The van der Waals surface area contributed by atoms with Crippen LogP contribution in [0, 0.1) is 5.92 Å². The van der Waals surface area contributed by atoms with Gasteiger partial charge in [0.1, 0.15) is 5.92 Å². The average molecular weight is 292 g/mol. The Labute approximate surface area is 124 Å². The molecular weight excluding hydrogens is 272 g/mol. The maximum Gasteiger partial charge on any atom is 0.316 e. The van der Waals surface area contributed by atoms with Gasteiger partial charge in [0.2, 0.25) is 0 Å². The molecule has 0 bridgehead atoms. The lowest BCUT2D eigenvalue weighted by molar-refractivity contribution is -0.147. The molecule has 0 spiro atoms. The maximum atomic E-state index is 12.4. The van der Waals surface area contributed by atoms with E-state index < -0.39 is 17.9 Å². The molecule has 0 aromatic heterocycles. The van der Waals surface area contributed by atoms with Gasteiger partial charge in [-0.3, -0.25) is 14.4 Å². The first kappa shape index (κ1) is 16.9. The van der Waals surface area contributed by atoms with E-state index in [1.54, 1.807) is 44.2 Å². The molecule has 1 rings (SSSR count). The summed E-state index contributed by atoms with van der Waals surface area (Å²) in [6, 6.07) is 8.51. The summed E-state index contributed by atoms with van der Waals surface area (Å²) in [6.45, 7) is 3.84. The number of Topliss-reactive ketones (excluding diaryl/α,β-unsaturated/α-hetero) is 1. The molecule has 21 heavy (non-hydrogen) atoms. The molecule has 0 saturated carbocycles. The number of hydrogen-bond acceptors (Lipinski definition) is 5. The summed E-state index contributed by atoms with van der Waals surface area (Å²) in [5.41, 5.74) is 0.430. The number of rotatable bonds is 8. The number of carbonyl (C=O) groups is 3. The van der Waals surface area contributed by atoms with Crippen molar-refractivity contribution in [3.05, 3.63) is 35.9 Å². The molecule has 0 fully saturated rings. The molecule has 1 atom stereocenters. The molecule has 5 heteroatoms. The molecule has 1 unspecified atom stereocenters. The molecule has 0 aliphatic heterocycles. The summed E-state index contributed by atoms with van der Waals surface area (Å²) in [5, 5.41) is 0. The molecule has 114 valence electrons. The third-order valence-electron chi connectivity index (χ3n) is 2.89.